The maximum absolute atomic E-state index is 12.1. The van der Waals surface area contributed by atoms with Crippen molar-refractivity contribution in [2.45, 2.75) is 19.1 Å². The molecule has 2 aromatic carbocycles. The second-order valence-corrected chi connectivity index (χ2v) is 5.66. The molecule has 0 heterocycles. The normalized spacial score (nSPS) is 11.2. The van der Waals surface area contributed by atoms with Gasteiger partial charge in [0, 0.05) is 5.02 Å². The average Bonchev–Trinajstić information content (AvgIpc) is 2.60. The summed E-state index contributed by atoms with van der Waals surface area (Å²) in [5, 5.41) is 11.7. The van der Waals surface area contributed by atoms with Crippen molar-refractivity contribution in [2.75, 3.05) is 0 Å². The number of esters is 1. The van der Waals surface area contributed by atoms with E-state index >= 15 is 0 Å². The summed E-state index contributed by atoms with van der Waals surface area (Å²) in [6.07, 6.45) is -0.108. The molecule has 2 amide bonds. The van der Waals surface area contributed by atoms with E-state index in [-0.39, 0.29) is 13.0 Å². The van der Waals surface area contributed by atoms with Crippen molar-refractivity contribution in [3.63, 3.8) is 0 Å². The van der Waals surface area contributed by atoms with Crippen molar-refractivity contribution in [2.24, 2.45) is 5.73 Å². The van der Waals surface area contributed by atoms with Gasteiger partial charge in [0.1, 0.15) is 6.61 Å². The largest absolute Gasteiger partial charge is 0.461 e. The Morgan fingerprint density at radius 1 is 1.20 bits per heavy atom. The van der Waals surface area contributed by atoms with Gasteiger partial charge in [0.2, 0.25) is 0 Å². The van der Waals surface area contributed by atoms with E-state index in [1.807, 2.05) is 6.07 Å². The Hall–Kier alpha value is -3.04. The molecule has 6 nitrogen and oxygen atoms in total. The first-order valence-electron chi connectivity index (χ1n) is 7.44. The molecule has 2 aromatic rings. The molecule has 0 radical (unpaired) electrons. The highest BCUT2D eigenvalue weighted by molar-refractivity contribution is 6.31. The van der Waals surface area contributed by atoms with Crippen LogP contribution in [0.5, 0.6) is 0 Å². The van der Waals surface area contributed by atoms with Gasteiger partial charge in [-0.1, -0.05) is 41.9 Å². The summed E-state index contributed by atoms with van der Waals surface area (Å²) in [6, 6.07) is 14.1. The number of halogens is 1. The number of amides is 2. The molecule has 0 aromatic heterocycles. The van der Waals surface area contributed by atoms with Gasteiger partial charge in [-0.3, -0.25) is 4.79 Å². The number of ether oxygens (including phenoxy) is 1. The lowest BCUT2D eigenvalue weighted by molar-refractivity contribution is -0.145. The zero-order valence-corrected chi connectivity index (χ0v) is 14.0. The molecule has 1 atom stereocenters. The van der Waals surface area contributed by atoms with Gasteiger partial charge in [-0.25, -0.2) is 4.79 Å². The van der Waals surface area contributed by atoms with Gasteiger partial charge in [0.25, 0.3) is 0 Å². The summed E-state index contributed by atoms with van der Waals surface area (Å²) in [4.78, 5) is 23.3. The number of benzene rings is 2. The maximum Gasteiger partial charge on any atom is 0.312 e. The molecule has 0 spiro atoms. The Balaban J connectivity index is 2.00. The monoisotopic (exact) mass is 357 g/mol. The van der Waals surface area contributed by atoms with Crippen LogP contribution >= 0.6 is 11.6 Å². The van der Waals surface area contributed by atoms with E-state index in [1.54, 1.807) is 48.5 Å². The second-order valence-electron chi connectivity index (χ2n) is 5.26. The van der Waals surface area contributed by atoms with Crippen LogP contribution in [0.4, 0.5) is 4.79 Å². The number of primary amides is 1. The first-order valence-corrected chi connectivity index (χ1v) is 7.82. The van der Waals surface area contributed by atoms with Crippen LogP contribution in [0.3, 0.4) is 0 Å². The predicted molar refractivity (Wildman–Crippen MR) is 92.5 cm³/mol. The predicted octanol–water partition coefficient (Wildman–Crippen LogP) is 3.05. The Morgan fingerprint density at radius 3 is 2.48 bits per heavy atom. The van der Waals surface area contributed by atoms with Crippen molar-refractivity contribution < 1.29 is 14.3 Å². The molecule has 0 aliphatic rings. The molecule has 3 N–H and O–H groups in total. The van der Waals surface area contributed by atoms with Gasteiger partial charge in [-0.05, 0) is 29.3 Å². The lowest BCUT2D eigenvalue weighted by atomic mass is 10.0. The van der Waals surface area contributed by atoms with Gasteiger partial charge in [0.05, 0.1) is 24.1 Å². The third-order valence-corrected chi connectivity index (χ3v) is 3.79. The van der Waals surface area contributed by atoms with Crippen molar-refractivity contribution in [1.82, 2.24) is 5.32 Å². The fourth-order valence-corrected chi connectivity index (χ4v) is 2.50. The molecule has 0 aliphatic carbocycles. The fraction of sp³-hybridized carbons (Fsp3) is 0.167. The van der Waals surface area contributed by atoms with E-state index in [4.69, 9.17) is 27.3 Å². The lowest BCUT2D eigenvalue weighted by Crippen LogP contribution is -2.34. The number of rotatable bonds is 6. The summed E-state index contributed by atoms with van der Waals surface area (Å²) in [5.41, 5.74) is 7.04. The van der Waals surface area contributed by atoms with Crippen LogP contribution in [0.1, 0.15) is 29.2 Å². The number of carbonyl (C=O) groups is 2. The number of urea groups is 1. The first kappa shape index (κ1) is 18.3. The third kappa shape index (κ3) is 5.52. The number of nitrogens with zero attached hydrogens (tertiary/aromatic N) is 1. The summed E-state index contributed by atoms with van der Waals surface area (Å²) in [6.45, 7) is 0.0658. The summed E-state index contributed by atoms with van der Waals surface area (Å²) >= 11 is 6.12. The number of carbonyl (C=O) groups excluding carboxylic acids is 2. The van der Waals surface area contributed by atoms with Gasteiger partial charge >= 0.3 is 12.0 Å². The highest BCUT2D eigenvalue weighted by Crippen LogP contribution is 2.25. The van der Waals surface area contributed by atoms with E-state index in [0.29, 0.717) is 16.1 Å². The Kier molecular flexibility index (Phi) is 6.38. The third-order valence-electron chi connectivity index (χ3n) is 3.45. The number of nitrogens with two attached hydrogens (primary N) is 1. The van der Waals surface area contributed by atoms with Crippen LogP contribution in [-0.4, -0.2) is 12.0 Å². The van der Waals surface area contributed by atoms with E-state index < -0.39 is 18.0 Å². The van der Waals surface area contributed by atoms with E-state index in [9.17, 15) is 9.59 Å². The number of hydrogen-bond acceptors (Lipinski definition) is 4. The zero-order valence-electron chi connectivity index (χ0n) is 13.2. The molecule has 0 aliphatic heterocycles. The summed E-state index contributed by atoms with van der Waals surface area (Å²) in [7, 11) is 0. The SMILES string of the molecule is N#Cc1ccc(COC(=O)C[C@H](NC(N)=O)c2ccccc2Cl)cc1. The molecule has 0 unspecified atom stereocenters. The standard InChI is InChI=1S/C18H16ClN3O3/c19-15-4-2-1-3-14(15)16(22-18(21)24)9-17(23)25-11-13-7-5-12(10-20)6-8-13/h1-8,16H,9,11H2,(H3,21,22,24)/t16-/m0/s1. The van der Waals surface area contributed by atoms with Crippen molar-refractivity contribution >= 4 is 23.6 Å². The van der Waals surface area contributed by atoms with Gasteiger partial charge in [-0.15, -0.1) is 0 Å². The minimum Gasteiger partial charge on any atom is -0.461 e. The van der Waals surface area contributed by atoms with Gasteiger partial charge in [0.15, 0.2) is 0 Å². The molecule has 128 valence electrons. The molecular formula is C18H16ClN3O3. The van der Waals surface area contributed by atoms with Crippen molar-refractivity contribution in [3.05, 3.63) is 70.2 Å². The number of nitrogens with one attached hydrogen (secondary N) is 1. The van der Waals surface area contributed by atoms with Gasteiger partial charge < -0.3 is 15.8 Å². The fourth-order valence-electron chi connectivity index (χ4n) is 2.23. The Labute approximate surface area is 150 Å². The minimum absolute atomic E-state index is 0.0658. The Bertz CT molecular complexity index is 800. The van der Waals surface area contributed by atoms with E-state index in [1.165, 1.54) is 0 Å². The van der Waals surface area contributed by atoms with Gasteiger partial charge in [-0.2, -0.15) is 5.26 Å². The zero-order chi connectivity index (χ0) is 18.2. The highest BCUT2D eigenvalue weighted by atomic mass is 35.5. The minimum atomic E-state index is -0.759. The van der Waals surface area contributed by atoms with Crippen LogP contribution < -0.4 is 11.1 Å². The first-order chi connectivity index (χ1) is 12.0. The Morgan fingerprint density at radius 2 is 1.88 bits per heavy atom. The maximum atomic E-state index is 12.1. The molecule has 0 saturated heterocycles. The van der Waals surface area contributed by atoms with Crippen LogP contribution in [0.25, 0.3) is 0 Å². The summed E-state index contributed by atoms with van der Waals surface area (Å²) in [5.74, 6) is -0.511. The van der Waals surface area contributed by atoms with Crippen LogP contribution in [0.15, 0.2) is 48.5 Å². The number of hydrogen-bond donors (Lipinski definition) is 2. The molecule has 0 fully saturated rings. The topological polar surface area (TPSA) is 105 Å². The van der Waals surface area contributed by atoms with E-state index in [2.05, 4.69) is 5.32 Å². The quantitative estimate of drug-likeness (QED) is 0.775. The lowest BCUT2D eigenvalue weighted by Gasteiger charge is -2.18. The molecule has 0 saturated carbocycles. The van der Waals surface area contributed by atoms with Crippen LogP contribution in [0, 0.1) is 11.3 Å². The van der Waals surface area contributed by atoms with Crippen molar-refractivity contribution in [1.29, 1.82) is 5.26 Å². The van der Waals surface area contributed by atoms with E-state index in [0.717, 1.165) is 5.56 Å². The molecular weight excluding hydrogens is 342 g/mol. The highest BCUT2D eigenvalue weighted by Gasteiger charge is 2.20. The average molecular weight is 358 g/mol. The molecule has 7 heteroatoms. The van der Waals surface area contributed by atoms with Crippen LogP contribution in [0.2, 0.25) is 5.02 Å². The molecule has 0 bridgehead atoms. The van der Waals surface area contributed by atoms with Crippen LogP contribution in [-0.2, 0) is 16.1 Å². The summed E-state index contributed by atoms with van der Waals surface area (Å²) < 4.78 is 5.22. The smallest absolute Gasteiger partial charge is 0.312 e. The second kappa shape index (κ2) is 8.71. The molecule has 2 rings (SSSR count). The number of nitriles is 1. The molecule has 25 heavy (non-hydrogen) atoms. The van der Waals surface area contributed by atoms with Crippen molar-refractivity contribution in [3.8, 4) is 6.07 Å².